The Kier molecular flexibility index (Phi) is 5.20. The first-order chi connectivity index (χ1) is 13.7. The molecule has 0 aliphatic carbocycles. The van der Waals surface area contributed by atoms with E-state index in [0.717, 1.165) is 16.8 Å². The lowest BCUT2D eigenvalue weighted by Gasteiger charge is -2.11. The third kappa shape index (κ3) is 3.96. The summed E-state index contributed by atoms with van der Waals surface area (Å²) in [5.74, 6) is 0.784. The summed E-state index contributed by atoms with van der Waals surface area (Å²) in [6.45, 7) is 1.99. The summed E-state index contributed by atoms with van der Waals surface area (Å²) in [4.78, 5) is 16.5. The molecule has 0 bridgehead atoms. The Bertz CT molecular complexity index is 1080. The molecule has 0 unspecified atom stereocenters. The van der Waals surface area contributed by atoms with E-state index in [4.69, 9.17) is 0 Å². The zero-order valence-corrected chi connectivity index (χ0v) is 16.0. The van der Waals surface area contributed by atoms with Crippen molar-refractivity contribution in [2.45, 2.75) is 12.1 Å². The summed E-state index contributed by atoms with van der Waals surface area (Å²) >= 11 is 1.33. The molecule has 3 aromatic heterocycles. The van der Waals surface area contributed by atoms with E-state index in [1.54, 1.807) is 12.4 Å². The molecular weight excluding hydrogens is 372 g/mol. The van der Waals surface area contributed by atoms with Gasteiger partial charge in [-0.05, 0) is 48.9 Å². The number of hydrogen-bond donors (Lipinski definition) is 1. The van der Waals surface area contributed by atoms with Crippen LogP contribution >= 0.6 is 11.8 Å². The van der Waals surface area contributed by atoms with E-state index >= 15 is 0 Å². The highest BCUT2D eigenvalue weighted by molar-refractivity contribution is 7.99. The number of nitrogens with one attached hydrogen (secondary N) is 1. The molecule has 8 heteroatoms. The van der Waals surface area contributed by atoms with E-state index in [9.17, 15) is 4.79 Å². The highest BCUT2D eigenvalue weighted by atomic mass is 32.2. The maximum atomic E-state index is 12.4. The van der Waals surface area contributed by atoms with Gasteiger partial charge < -0.3 is 5.32 Å². The summed E-state index contributed by atoms with van der Waals surface area (Å²) in [7, 11) is 0. The van der Waals surface area contributed by atoms with Gasteiger partial charge in [0.1, 0.15) is 0 Å². The number of amides is 1. The number of rotatable bonds is 6. The van der Waals surface area contributed by atoms with Crippen LogP contribution in [0.15, 0.2) is 78.5 Å². The van der Waals surface area contributed by atoms with Crippen molar-refractivity contribution in [1.82, 2.24) is 24.5 Å². The standard InChI is InChI=1S/C20H18N6OS/c1-15-6-4-8-17(12-15)22-18(27)14-28-20-24-23-19(16-7-5-9-21-13-16)26(20)25-10-2-3-11-25/h2-13H,14H2,1H3,(H,22,27). The van der Waals surface area contributed by atoms with Crippen LogP contribution in [0.3, 0.4) is 0 Å². The summed E-state index contributed by atoms with van der Waals surface area (Å²) in [6.07, 6.45) is 7.26. The molecule has 0 spiro atoms. The summed E-state index contributed by atoms with van der Waals surface area (Å²) < 4.78 is 3.74. The number of pyridine rings is 1. The smallest absolute Gasteiger partial charge is 0.234 e. The fourth-order valence-electron chi connectivity index (χ4n) is 2.75. The van der Waals surface area contributed by atoms with Gasteiger partial charge in [0.25, 0.3) is 0 Å². The Hall–Kier alpha value is -3.39. The SMILES string of the molecule is Cc1cccc(NC(=O)CSc2nnc(-c3cccnc3)n2-n2cccc2)c1. The Morgan fingerprint density at radius 1 is 1.11 bits per heavy atom. The first-order valence-electron chi connectivity index (χ1n) is 8.69. The largest absolute Gasteiger partial charge is 0.325 e. The average Bonchev–Trinajstić information content (AvgIpc) is 3.36. The minimum Gasteiger partial charge on any atom is -0.325 e. The molecule has 7 nitrogen and oxygen atoms in total. The molecular formula is C20H18N6OS. The molecule has 1 amide bonds. The van der Waals surface area contributed by atoms with Crippen molar-refractivity contribution >= 4 is 23.4 Å². The Morgan fingerprint density at radius 3 is 2.71 bits per heavy atom. The molecule has 0 atom stereocenters. The molecule has 1 N–H and O–H groups in total. The Labute approximate surface area is 166 Å². The first-order valence-corrected chi connectivity index (χ1v) is 9.68. The lowest BCUT2D eigenvalue weighted by atomic mass is 10.2. The number of thioether (sulfide) groups is 1. The van der Waals surface area contributed by atoms with Gasteiger partial charge in [0.2, 0.25) is 11.1 Å². The number of nitrogens with zero attached hydrogens (tertiary/aromatic N) is 5. The van der Waals surface area contributed by atoms with Crippen molar-refractivity contribution in [2.75, 3.05) is 11.1 Å². The quantitative estimate of drug-likeness (QED) is 0.510. The van der Waals surface area contributed by atoms with E-state index in [1.165, 1.54) is 11.8 Å². The van der Waals surface area contributed by atoms with Gasteiger partial charge in [-0.25, -0.2) is 4.68 Å². The van der Waals surface area contributed by atoms with Gasteiger partial charge in [-0.2, -0.15) is 0 Å². The number of benzene rings is 1. The maximum absolute atomic E-state index is 12.4. The van der Waals surface area contributed by atoms with Gasteiger partial charge in [-0.3, -0.25) is 14.5 Å². The third-order valence-electron chi connectivity index (χ3n) is 3.99. The number of anilines is 1. The molecule has 1 aromatic carbocycles. The van der Waals surface area contributed by atoms with Gasteiger partial charge in [0.15, 0.2) is 5.82 Å². The van der Waals surface area contributed by atoms with Gasteiger partial charge in [0.05, 0.1) is 5.75 Å². The third-order valence-corrected chi connectivity index (χ3v) is 4.90. The zero-order chi connectivity index (χ0) is 19.3. The van der Waals surface area contributed by atoms with Crippen LogP contribution in [0.4, 0.5) is 5.69 Å². The molecule has 4 rings (SSSR count). The second-order valence-corrected chi connectivity index (χ2v) is 7.07. The monoisotopic (exact) mass is 390 g/mol. The molecule has 0 saturated carbocycles. The highest BCUT2D eigenvalue weighted by Crippen LogP contribution is 2.24. The molecule has 140 valence electrons. The summed E-state index contributed by atoms with van der Waals surface area (Å²) in [5.41, 5.74) is 2.73. The number of carbonyl (C=O) groups is 1. The van der Waals surface area contributed by atoms with Crippen LogP contribution in [0.1, 0.15) is 5.56 Å². The van der Waals surface area contributed by atoms with Crippen LogP contribution in [-0.4, -0.2) is 36.2 Å². The van der Waals surface area contributed by atoms with E-state index in [0.29, 0.717) is 11.0 Å². The van der Waals surface area contributed by atoms with Crippen LogP contribution in [0.25, 0.3) is 11.4 Å². The fourth-order valence-corrected chi connectivity index (χ4v) is 3.48. The molecule has 0 radical (unpaired) electrons. The molecule has 0 aliphatic heterocycles. The predicted molar refractivity (Wildman–Crippen MR) is 109 cm³/mol. The number of aryl methyl sites for hydroxylation is 1. The van der Waals surface area contributed by atoms with Crippen molar-refractivity contribution in [3.05, 3.63) is 78.9 Å². The number of carbonyl (C=O) groups excluding carboxylic acids is 1. The van der Waals surface area contributed by atoms with Crippen LogP contribution in [0, 0.1) is 6.92 Å². The molecule has 28 heavy (non-hydrogen) atoms. The molecule has 0 aliphatic rings. The summed E-state index contributed by atoms with van der Waals surface area (Å²) in [5, 5.41) is 12.1. The van der Waals surface area contributed by atoms with E-state index < -0.39 is 0 Å². The summed E-state index contributed by atoms with van der Waals surface area (Å²) in [6, 6.07) is 15.3. The van der Waals surface area contributed by atoms with Gasteiger partial charge >= 0.3 is 0 Å². The Morgan fingerprint density at radius 2 is 1.96 bits per heavy atom. The van der Waals surface area contributed by atoms with E-state index in [-0.39, 0.29) is 11.7 Å². The minimum absolute atomic E-state index is 0.0967. The lowest BCUT2D eigenvalue weighted by Crippen LogP contribution is -2.16. The van der Waals surface area contributed by atoms with Crippen molar-refractivity contribution in [1.29, 1.82) is 0 Å². The van der Waals surface area contributed by atoms with Crippen molar-refractivity contribution in [3.8, 4) is 11.4 Å². The molecule has 3 heterocycles. The highest BCUT2D eigenvalue weighted by Gasteiger charge is 2.17. The van der Waals surface area contributed by atoms with Crippen molar-refractivity contribution in [2.24, 2.45) is 0 Å². The zero-order valence-electron chi connectivity index (χ0n) is 15.2. The van der Waals surface area contributed by atoms with Gasteiger partial charge in [-0.15, -0.1) is 10.2 Å². The maximum Gasteiger partial charge on any atom is 0.234 e. The molecule has 4 aromatic rings. The predicted octanol–water partition coefficient (Wildman–Crippen LogP) is 3.49. The van der Waals surface area contributed by atoms with Gasteiger partial charge in [-0.1, -0.05) is 23.9 Å². The second-order valence-electron chi connectivity index (χ2n) is 6.13. The van der Waals surface area contributed by atoms with Crippen LogP contribution in [-0.2, 0) is 4.79 Å². The van der Waals surface area contributed by atoms with Crippen molar-refractivity contribution < 1.29 is 4.79 Å². The second kappa shape index (κ2) is 8.10. The fraction of sp³-hybridized carbons (Fsp3) is 0.100. The number of hydrogen-bond acceptors (Lipinski definition) is 5. The van der Waals surface area contributed by atoms with E-state index in [1.807, 2.05) is 77.2 Å². The molecule has 0 saturated heterocycles. The number of aromatic nitrogens is 5. The first kappa shape index (κ1) is 18.0. The minimum atomic E-state index is -0.0967. The molecule has 0 fully saturated rings. The van der Waals surface area contributed by atoms with E-state index in [2.05, 4.69) is 20.5 Å². The topological polar surface area (TPSA) is 77.6 Å². The lowest BCUT2D eigenvalue weighted by molar-refractivity contribution is -0.113. The van der Waals surface area contributed by atoms with Crippen LogP contribution in [0.2, 0.25) is 0 Å². The van der Waals surface area contributed by atoms with Crippen LogP contribution < -0.4 is 5.32 Å². The van der Waals surface area contributed by atoms with Crippen molar-refractivity contribution in [3.63, 3.8) is 0 Å². The Balaban J connectivity index is 1.55. The average molecular weight is 390 g/mol. The van der Waals surface area contributed by atoms with Gasteiger partial charge in [0, 0.05) is 36.0 Å². The van der Waals surface area contributed by atoms with Crippen LogP contribution in [0.5, 0.6) is 0 Å². The normalized spacial score (nSPS) is 10.8.